The number of carbonyl (C=O) groups excluding carboxylic acids is 6. The summed E-state index contributed by atoms with van der Waals surface area (Å²) in [7, 11) is 3.30. The third-order valence-electron chi connectivity index (χ3n) is 13.8. The summed E-state index contributed by atoms with van der Waals surface area (Å²) in [5, 5.41) is 17.9. The van der Waals surface area contributed by atoms with Crippen LogP contribution in [0.15, 0.2) is 48.5 Å². The molecule has 2 aromatic rings. The highest BCUT2D eigenvalue weighted by atomic mass is 16.5. The highest BCUT2D eigenvalue weighted by molar-refractivity contribution is 5.95. The Morgan fingerprint density at radius 1 is 0.588 bits per heavy atom. The first-order valence-corrected chi connectivity index (χ1v) is 24.3. The number of carbonyl (C=O) groups is 6. The monoisotopic (exact) mass is 935 g/mol. The Kier molecular flexibility index (Phi) is 19.0. The lowest BCUT2D eigenvalue weighted by atomic mass is 9.87. The van der Waals surface area contributed by atoms with Crippen LogP contribution in [0, 0.1) is 23.7 Å². The number of rotatable bonds is 18. The minimum Gasteiger partial charge on any atom is -0.363 e. The van der Waals surface area contributed by atoms with Gasteiger partial charge in [0.1, 0.15) is 37.4 Å². The fraction of sp³-hybridized carbons (Fsp3) is 0.577. The molecule has 2 aliphatic heterocycles. The number of likely N-dealkylation sites (N-methyl/N-ethyl adjacent to an activating group) is 2. The molecule has 0 radical (unpaired) electrons. The van der Waals surface area contributed by atoms with Crippen LogP contribution in [0.1, 0.15) is 113 Å². The Morgan fingerprint density at radius 3 is 1.38 bits per heavy atom. The van der Waals surface area contributed by atoms with Crippen molar-refractivity contribution in [3.05, 3.63) is 70.8 Å². The minimum absolute atomic E-state index is 0.108. The SMILES string of the molecule is CN[C@@H](C)C(=O)N[C@H](C(=O)N1CCC[C@H]1C(=O)N[C@@H]1CCCc2ccccc21)C(C)OCC#CC#CCOC(C)[C@H](NC(=O)[C@H](C)NC)C(=O)N1CCC[C@H]1C(=O)N[C@@H]1CCCc2ccccc21. The Labute approximate surface area is 401 Å². The number of aryl methyl sites for hydroxylation is 2. The molecule has 16 nitrogen and oxygen atoms in total. The summed E-state index contributed by atoms with van der Waals surface area (Å²) in [5.74, 6) is 9.10. The number of amides is 6. The third-order valence-corrected chi connectivity index (χ3v) is 13.8. The van der Waals surface area contributed by atoms with E-state index < -0.39 is 72.1 Å². The van der Waals surface area contributed by atoms with Crippen molar-refractivity contribution in [3.8, 4) is 23.7 Å². The quantitative estimate of drug-likeness (QED) is 0.121. The number of fused-ring (bicyclic) bond motifs is 2. The summed E-state index contributed by atoms with van der Waals surface area (Å²) in [6, 6.07) is 11.3. The van der Waals surface area contributed by atoms with Crippen LogP contribution in [0.5, 0.6) is 0 Å². The van der Waals surface area contributed by atoms with Crippen molar-refractivity contribution in [1.82, 2.24) is 41.7 Å². The van der Waals surface area contributed by atoms with E-state index in [1.807, 2.05) is 36.4 Å². The lowest BCUT2D eigenvalue weighted by Crippen LogP contribution is -2.59. The van der Waals surface area contributed by atoms with Crippen molar-refractivity contribution >= 4 is 35.4 Å². The molecule has 10 atom stereocenters. The predicted molar refractivity (Wildman–Crippen MR) is 257 cm³/mol. The standard InChI is InChI=1S/C52H70N8O8/c1-33(53-5)47(61)57-45(51(65)59-29-17-27-43(59)49(63)55-41-25-15-21-37-19-9-11-23-39(37)41)35(3)67-31-13-7-8-14-32-68-36(4)46(58-48(62)34(2)54-6)52(66)60-30-18-28-44(60)50(64)56-42-26-16-22-38-20-10-12-24-40(38)42/h9-12,19-20,23-24,33-36,41-46,53-54H,15-18,21-22,25-32H2,1-6H3,(H,55,63)(H,56,64)(H,57,61)(H,58,62)/t33-,34-,35?,36?,41+,42+,43-,44-,45-,46-/m0/s1. The van der Waals surface area contributed by atoms with E-state index in [9.17, 15) is 28.8 Å². The van der Waals surface area contributed by atoms with Gasteiger partial charge < -0.3 is 51.2 Å². The maximum atomic E-state index is 14.2. The first-order valence-electron chi connectivity index (χ1n) is 24.3. The molecule has 366 valence electrons. The number of benzene rings is 2. The second-order valence-electron chi connectivity index (χ2n) is 18.3. The molecule has 68 heavy (non-hydrogen) atoms. The van der Waals surface area contributed by atoms with Gasteiger partial charge in [-0.25, -0.2) is 0 Å². The van der Waals surface area contributed by atoms with Crippen molar-refractivity contribution in [1.29, 1.82) is 0 Å². The molecular weight excluding hydrogens is 865 g/mol. The summed E-state index contributed by atoms with van der Waals surface area (Å²) in [6.07, 6.45) is 6.21. The van der Waals surface area contributed by atoms with Crippen LogP contribution in [-0.2, 0) is 51.1 Å². The van der Waals surface area contributed by atoms with Gasteiger partial charge in [0, 0.05) is 13.1 Å². The first kappa shape index (κ1) is 51.6. The summed E-state index contributed by atoms with van der Waals surface area (Å²) in [6.45, 7) is 7.26. The molecule has 0 spiro atoms. The Balaban J connectivity index is 1.04. The maximum absolute atomic E-state index is 14.2. The van der Waals surface area contributed by atoms with Gasteiger partial charge in [-0.15, -0.1) is 0 Å². The molecule has 2 aliphatic carbocycles. The molecular formula is C52H70N8O8. The average molecular weight is 935 g/mol. The number of likely N-dealkylation sites (tertiary alicyclic amines) is 2. The number of nitrogens with zero attached hydrogens (tertiary/aromatic N) is 2. The van der Waals surface area contributed by atoms with Crippen LogP contribution in [0.4, 0.5) is 0 Å². The second-order valence-corrected chi connectivity index (χ2v) is 18.3. The van der Waals surface area contributed by atoms with E-state index in [2.05, 4.69) is 67.7 Å². The molecule has 6 amide bonds. The van der Waals surface area contributed by atoms with Gasteiger partial charge in [-0.2, -0.15) is 0 Å². The predicted octanol–water partition coefficient (Wildman–Crippen LogP) is 2.36. The van der Waals surface area contributed by atoms with E-state index in [0.29, 0.717) is 38.8 Å². The summed E-state index contributed by atoms with van der Waals surface area (Å²) < 4.78 is 12.0. The minimum atomic E-state index is -1.09. The Bertz CT molecular complexity index is 2090. The van der Waals surface area contributed by atoms with Gasteiger partial charge in [0.15, 0.2) is 0 Å². The summed E-state index contributed by atoms with van der Waals surface area (Å²) >= 11 is 0. The van der Waals surface area contributed by atoms with Crippen LogP contribution in [-0.4, -0.2) is 134 Å². The highest BCUT2D eigenvalue weighted by Crippen LogP contribution is 2.32. The van der Waals surface area contributed by atoms with E-state index in [1.165, 1.54) is 11.1 Å². The molecule has 2 saturated heterocycles. The fourth-order valence-electron chi connectivity index (χ4n) is 9.58. The lowest BCUT2D eigenvalue weighted by molar-refractivity contribution is -0.145. The zero-order valence-electron chi connectivity index (χ0n) is 40.5. The van der Waals surface area contributed by atoms with Gasteiger partial charge >= 0.3 is 0 Å². The fourth-order valence-corrected chi connectivity index (χ4v) is 9.58. The van der Waals surface area contributed by atoms with Gasteiger partial charge in [0.05, 0.1) is 36.4 Å². The number of hydrogen-bond acceptors (Lipinski definition) is 10. The molecule has 4 aliphatic rings. The molecule has 2 fully saturated rings. The van der Waals surface area contributed by atoms with Crippen molar-refractivity contribution in [2.45, 2.75) is 152 Å². The van der Waals surface area contributed by atoms with Crippen LogP contribution in [0.25, 0.3) is 0 Å². The number of nitrogens with one attached hydrogen (secondary N) is 6. The van der Waals surface area contributed by atoms with E-state index in [1.54, 1.807) is 51.6 Å². The first-order chi connectivity index (χ1) is 32.8. The Hall–Kier alpha value is -5.78. The zero-order valence-corrected chi connectivity index (χ0v) is 40.5. The molecule has 16 heteroatoms. The zero-order chi connectivity index (χ0) is 48.7. The molecule has 2 unspecified atom stereocenters. The summed E-state index contributed by atoms with van der Waals surface area (Å²) in [5.41, 5.74) is 4.67. The molecule has 0 aromatic heterocycles. The number of ether oxygens (including phenoxy) is 2. The van der Waals surface area contributed by atoms with Crippen LogP contribution >= 0.6 is 0 Å². The lowest BCUT2D eigenvalue weighted by Gasteiger charge is -2.33. The summed E-state index contributed by atoms with van der Waals surface area (Å²) in [4.78, 5) is 85.3. The molecule has 0 bridgehead atoms. The van der Waals surface area contributed by atoms with Gasteiger partial charge in [0.2, 0.25) is 35.4 Å². The largest absolute Gasteiger partial charge is 0.363 e. The number of hydrogen-bond donors (Lipinski definition) is 6. The van der Waals surface area contributed by atoms with Gasteiger partial charge in [-0.3, -0.25) is 28.8 Å². The molecule has 6 rings (SSSR count). The topological polar surface area (TPSA) is 200 Å². The van der Waals surface area contributed by atoms with Crippen molar-refractivity contribution in [2.75, 3.05) is 40.4 Å². The smallest absolute Gasteiger partial charge is 0.248 e. The second kappa shape index (κ2) is 25.0. The van der Waals surface area contributed by atoms with Crippen LogP contribution < -0.4 is 31.9 Å². The average Bonchev–Trinajstić information content (AvgIpc) is 4.06. The van der Waals surface area contributed by atoms with Crippen LogP contribution in [0.2, 0.25) is 0 Å². The molecule has 2 aromatic carbocycles. The van der Waals surface area contributed by atoms with Crippen molar-refractivity contribution in [3.63, 3.8) is 0 Å². The van der Waals surface area contributed by atoms with Crippen molar-refractivity contribution < 1.29 is 38.2 Å². The Morgan fingerprint density at radius 2 is 0.985 bits per heavy atom. The van der Waals surface area contributed by atoms with Gasteiger partial charge in [-0.1, -0.05) is 60.4 Å². The normalized spacial score (nSPS) is 22.2. The maximum Gasteiger partial charge on any atom is 0.248 e. The van der Waals surface area contributed by atoms with Crippen molar-refractivity contribution in [2.24, 2.45) is 0 Å². The molecule has 6 N–H and O–H groups in total. The highest BCUT2D eigenvalue weighted by Gasteiger charge is 2.43. The van der Waals surface area contributed by atoms with Gasteiger partial charge in [0.25, 0.3) is 0 Å². The molecule has 2 heterocycles. The third kappa shape index (κ3) is 13.0. The van der Waals surface area contributed by atoms with Gasteiger partial charge in [-0.05, 0) is 140 Å². The van der Waals surface area contributed by atoms with E-state index in [4.69, 9.17) is 9.47 Å². The van der Waals surface area contributed by atoms with Crippen LogP contribution in [0.3, 0.4) is 0 Å². The van der Waals surface area contributed by atoms with E-state index in [-0.39, 0.29) is 37.1 Å². The van der Waals surface area contributed by atoms with E-state index in [0.717, 1.165) is 49.7 Å². The molecule has 0 saturated carbocycles. The van der Waals surface area contributed by atoms with E-state index >= 15 is 0 Å².